The van der Waals surface area contributed by atoms with E-state index in [4.69, 9.17) is 0 Å². The van der Waals surface area contributed by atoms with Gasteiger partial charge < -0.3 is 5.32 Å². The Balaban J connectivity index is 1.64. The van der Waals surface area contributed by atoms with Gasteiger partial charge in [0.25, 0.3) is 5.91 Å². The van der Waals surface area contributed by atoms with Crippen molar-refractivity contribution in [2.45, 2.75) is 11.4 Å². The monoisotopic (exact) mass is 396 g/mol. The molecule has 3 rings (SSSR count). The second-order valence-electron chi connectivity index (χ2n) is 6.03. The quantitative estimate of drug-likeness (QED) is 0.573. The number of rotatable bonds is 8. The van der Waals surface area contributed by atoms with Crippen LogP contribution in [0.4, 0.5) is 5.69 Å². The molecule has 28 heavy (non-hydrogen) atoms. The zero-order valence-corrected chi connectivity index (χ0v) is 15.9. The molecule has 1 amide bonds. The van der Waals surface area contributed by atoms with Crippen LogP contribution in [-0.2, 0) is 16.6 Å². The third kappa shape index (κ3) is 4.93. The lowest BCUT2D eigenvalue weighted by Gasteiger charge is -2.06. The molecule has 0 saturated heterocycles. The average Bonchev–Trinajstić information content (AvgIpc) is 3.14. The average molecular weight is 396 g/mol. The number of hydrogen-bond acceptors (Lipinski definition) is 4. The van der Waals surface area contributed by atoms with Crippen molar-refractivity contribution >= 4 is 21.6 Å². The molecule has 0 radical (unpaired) electrons. The number of benzene rings is 2. The number of anilines is 1. The van der Waals surface area contributed by atoms with E-state index in [1.807, 2.05) is 30.3 Å². The fourth-order valence-corrected chi connectivity index (χ4v) is 3.52. The van der Waals surface area contributed by atoms with Gasteiger partial charge in [-0.25, -0.2) is 13.1 Å². The molecule has 0 bridgehead atoms. The van der Waals surface area contributed by atoms with Crippen LogP contribution in [-0.4, -0.2) is 30.7 Å². The lowest BCUT2D eigenvalue weighted by atomic mass is 10.2. The highest BCUT2D eigenvalue weighted by molar-refractivity contribution is 7.89. The van der Waals surface area contributed by atoms with Crippen molar-refractivity contribution in [2.75, 3.05) is 11.9 Å². The minimum absolute atomic E-state index is 0.0848. The number of carbonyl (C=O) groups is 1. The van der Waals surface area contributed by atoms with Crippen LogP contribution in [0.1, 0.15) is 15.9 Å². The number of hydrogen-bond donors (Lipinski definition) is 2. The first-order valence-electron chi connectivity index (χ1n) is 8.56. The van der Waals surface area contributed by atoms with Crippen LogP contribution in [0.15, 0.2) is 84.5 Å². The number of aromatic nitrogens is 2. The summed E-state index contributed by atoms with van der Waals surface area (Å²) in [5.74, 6) is -0.345. The standard InChI is InChI=1S/C20H20N4O3S/c1-2-12-22-28(26,27)19-10-8-17(9-11-19)20(25)23-18-13-21-24(15-18)14-16-6-4-3-5-7-16/h2-11,13,15,22H,1,12,14H2,(H,23,25). The lowest BCUT2D eigenvalue weighted by molar-refractivity contribution is 0.102. The largest absolute Gasteiger partial charge is 0.319 e. The predicted octanol–water partition coefficient (Wildman–Crippen LogP) is 2.65. The summed E-state index contributed by atoms with van der Waals surface area (Å²) in [5.41, 5.74) is 2.01. The van der Waals surface area contributed by atoms with E-state index in [0.717, 1.165) is 5.56 Å². The number of nitrogens with zero attached hydrogens (tertiary/aromatic N) is 2. The Morgan fingerprint density at radius 3 is 2.50 bits per heavy atom. The topological polar surface area (TPSA) is 93.1 Å². The van der Waals surface area contributed by atoms with E-state index in [0.29, 0.717) is 17.8 Å². The zero-order chi connectivity index (χ0) is 20.0. The van der Waals surface area contributed by atoms with Crippen LogP contribution in [0.25, 0.3) is 0 Å². The molecular weight excluding hydrogens is 376 g/mol. The Kier molecular flexibility index (Phi) is 6.03. The van der Waals surface area contributed by atoms with Crippen LogP contribution in [0.3, 0.4) is 0 Å². The Bertz CT molecular complexity index is 1060. The van der Waals surface area contributed by atoms with Gasteiger partial charge in [0, 0.05) is 18.3 Å². The first-order chi connectivity index (χ1) is 13.5. The molecule has 1 heterocycles. The van der Waals surface area contributed by atoms with Gasteiger partial charge in [-0.15, -0.1) is 6.58 Å². The van der Waals surface area contributed by atoms with Gasteiger partial charge in [-0.05, 0) is 29.8 Å². The van der Waals surface area contributed by atoms with E-state index in [-0.39, 0.29) is 17.3 Å². The van der Waals surface area contributed by atoms with Crippen LogP contribution < -0.4 is 10.0 Å². The number of sulfonamides is 1. The summed E-state index contributed by atoms with van der Waals surface area (Å²) in [6.07, 6.45) is 4.76. The van der Waals surface area contributed by atoms with Crippen LogP contribution in [0.5, 0.6) is 0 Å². The molecule has 7 nitrogen and oxygen atoms in total. The van der Waals surface area contributed by atoms with E-state index < -0.39 is 10.0 Å². The molecule has 0 fully saturated rings. The second kappa shape index (κ2) is 8.64. The van der Waals surface area contributed by atoms with Crippen LogP contribution in [0.2, 0.25) is 0 Å². The van der Waals surface area contributed by atoms with E-state index in [2.05, 4.69) is 21.7 Å². The van der Waals surface area contributed by atoms with Gasteiger partial charge in [0.05, 0.1) is 23.3 Å². The van der Waals surface area contributed by atoms with Gasteiger partial charge in [-0.2, -0.15) is 5.10 Å². The normalized spacial score (nSPS) is 11.1. The highest BCUT2D eigenvalue weighted by Crippen LogP contribution is 2.13. The maximum Gasteiger partial charge on any atom is 0.255 e. The van der Waals surface area contributed by atoms with Gasteiger partial charge in [0.1, 0.15) is 0 Å². The molecule has 2 N–H and O–H groups in total. The Hall–Kier alpha value is -3.23. The third-order valence-electron chi connectivity index (χ3n) is 3.92. The highest BCUT2D eigenvalue weighted by atomic mass is 32.2. The van der Waals surface area contributed by atoms with Crippen LogP contribution in [0, 0.1) is 0 Å². The molecule has 144 valence electrons. The van der Waals surface area contributed by atoms with E-state index in [9.17, 15) is 13.2 Å². The fraction of sp³-hybridized carbons (Fsp3) is 0.100. The maximum atomic E-state index is 12.4. The molecule has 0 aliphatic heterocycles. The summed E-state index contributed by atoms with van der Waals surface area (Å²) in [5, 5.41) is 7.00. The lowest BCUT2D eigenvalue weighted by Crippen LogP contribution is -2.23. The number of carbonyl (C=O) groups excluding carboxylic acids is 1. The summed E-state index contributed by atoms with van der Waals surface area (Å²) in [7, 11) is -3.62. The van der Waals surface area contributed by atoms with Crippen molar-refractivity contribution in [1.29, 1.82) is 0 Å². The summed E-state index contributed by atoms with van der Waals surface area (Å²) in [4.78, 5) is 12.5. The maximum absolute atomic E-state index is 12.4. The van der Waals surface area contributed by atoms with Crippen molar-refractivity contribution in [3.8, 4) is 0 Å². The third-order valence-corrected chi connectivity index (χ3v) is 5.36. The number of nitrogens with one attached hydrogen (secondary N) is 2. The first kappa shape index (κ1) is 19.5. The van der Waals surface area contributed by atoms with E-state index >= 15 is 0 Å². The molecule has 0 atom stereocenters. The Labute approximate surface area is 163 Å². The van der Waals surface area contributed by atoms with Crippen molar-refractivity contribution < 1.29 is 13.2 Å². The molecule has 0 aliphatic carbocycles. The molecule has 1 aromatic heterocycles. The Morgan fingerprint density at radius 1 is 1.11 bits per heavy atom. The minimum Gasteiger partial charge on any atom is -0.319 e. The molecular formula is C20H20N4O3S. The van der Waals surface area contributed by atoms with Crippen molar-refractivity contribution in [1.82, 2.24) is 14.5 Å². The molecule has 2 aromatic carbocycles. The van der Waals surface area contributed by atoms with Gasteiger partial charge in [-0.1, -0.05) is 36.4 Å². The SMILES string of the molecule is C=CCNS(=O)(=O)c1ccc(C(=O)Nc2cnn(Cc3ccccc3)c2)cc1. The molecule has 3 aromatic rings. The molecule has 0 unspecified atom stereocenters. The Morgan fingerprint density at radius 2 is 1.82 bits per heavy atom. The van der Waals surface area contributed by atoms with Gasteiger partial charge in [0.2, 0.25) is 10.0 Å². The first-order valence-corrected chi connectivity index (χ1v) is 10.0. The summed E-state index contributed by atoms with van der Waals surface area (Å²) in [6, 6.07) is 15.6. The minimum atomic E-state index is -3.62. The zero-order valence-electron chi connectivity index (χ0n) is 15.1. The smallest absolute Gasteiger partial charge is 0.255 e. The summed E-state index contributed by atoms with van der Waals surface area (Å²) >= 11 is 0. The summed E-state index contributed by atoms with van der Waals surface area (Å²) in [6.45, 7) is 4.21. The van der Waals surface area contributed by atoms with E-state index in [1.165, 1.54) is 30.3 Å². The van der Waals surface area contributed by atoms with Crippen molar-refractivity contribution in [3.63, 3.8) is 0 Å². The predicted molar refractivity (Wildman–Crippen MR) is 108 cm³/mol. The van der Waals surface area contributed by atoms with Crippen molar-refractivity contribution in [3.05, 3.63) is 90.8 Å². The van der Waals surface area contributed by atoms with Gasteiger partial charge in [-0.3, -0.25) is 9.48 Å². The van der Waals surface area contributed by atoms with Crippen LogP contribution >= 0.6 is 0 Å². The molecule has 0 saturated carbocycles. The number of amides is 1. The molecule has 0 aliphatic rings. The van der Waals surface area contributed by atoms with Crippen molar-refractivity contribution in [2.24, 2.45) is 0 Å². The van der Waals surface area contributed by atoms with E-state index in [1.54, 1.807) is 17.1 Å². The van der Waals surface area contributed by atoms with Gasteiger partial charge >= 0.3 is 0 Å². The summed E-state index contributed by atoms with van der Waals surface area (Å²) < 4.78 is 28.2. The van der Waals surface area contributed by atoms with Gasteiger partial charge in [0.15, 0.2) is 0 Å². The highest BCUT2D eigenvalue weighted by Gasteiger charge is 2.14. The molecule has 0 spiro atoms. The second-order valence-corrected chi connectivity index (χ2v) is 7.80. The molecule has 8 heteroatoms. The fourth-order valence-electron chi connectivity index (χ4n) is 2.53.